The number of nitrogens with two attached hydrogens (primary N) is 1. The predicted molar refractivity (Wildman–Crippen MR) is 90.7 cm³/mol. The minimum absolute atomic E-state index is 0.224. The predicted octanol–water partition coefficient (Wildman–Crippen LogP) is 0.239. The average Bonchev–Trinajstić information content (AvgIpc) is 2.55. The summed E-state index contributed by atoms with van der Waals surface area (Å²) in [6.07, 6.45) is 0. The van der Waals surface area contributed by atoms with E-state index in [-0.39, 0.29) is 23.0 Å². The van der Waals surface area contributed by atoms with Crippen molar-refractivity contribution in [3.8, 4) is 0 Å². The first-order chi connectivity index (χ1) is 11.7. The molecular formula is C16H20ClN3O5. The molecule has 0 radical (unpaired) electrons. The highest BCUT2D eigenvalue weighted by Gasteiger charge is 2.27. The van der Waals surface area contributed by atoms with Crippen LogP contribution in [0, 0.1) is 5.92 Å². The largest absolute Gasteiger partial charge is 0.454 e. The topological polar surface area (TPSA) is 128 Å². The van der Waals surface area contributed by atoms with Crippen LogP contribution < -0.4 is 16.4 Å². The summed E-state index contributed by atoms with van der Waals surface area (Å²) in [5.41, 5.74) is 5.11. The molecule has 0 unspecified atom stereocenters. The van der Waals surface area contributed by atoms with Crippen molar-refractivity contribution in [3.63, 3.8) is 0 Å². The molecule has 1 rings (SSSR count). The van der Waals surface area contributed by atoms with Gasteiger partial charge in [-0.25, -0.2) is 4.79 Å². The zero-order valence-corrected chi connectivity index (χ0v) is 14.6. The van der Waals surface area contributed by atoms with Crippen molar-refractivity contribution >= 4 is 35.3 Å². The molecule has 0 spiro atoms. The van der Waals surface area contributed by atoms with Gasteiger partial charge < -0.3 is 21.1 Å². The number of halogens is 1. The molecule has 1 aromatic carbocycles. The van der Waals surface area contributed by atoms with E-state index in [1.165, 1.54) is 6.07 Å². The third kappa shape index (κ3) is 6.80. The fourth-order valence-corrected chi connectivity index (χ4v) is 2.05. The number of nitrogens with one attached hydrogen (secondary N) is 2. The summed E-state index contributed by atoms with van der Waals surface area (Å²) < 4.78 is 4.88. The molecule has 0 aliphatic heterocycles. The number of ether oxygens (including phenoxy) is 1. The summed E-state index contributed by atoms with van der Waals surface area (Å²) in [6, 6.07) is 5.44. The zero-order valence-electron chi connectivity index (χ0n) is 13.9. The van der Waals surface area contributed by atoms with E-state index in [1.54, 1.807) is 32.0 Å². The SMILES string of the molecule is CC(C)[C@H](NC(=O)c1ccccc1Cl)C(=O)OCC(=O)NCC(N)=O. The van der Waals surface area contributed by atoms with Crippen LogP contribution in [0.3, 0.4) is 0 Å². The van der Waals surface area contributed by atoms with Gasteiger partial charge in [0.15, 0.2) is 6.61 Å². The van der Waals surface area contributed by atoms with Crippen LogP contribution in [-0.4, -0.2) is 42.9 Å². The second kappa shape index (κ2) is 9.63. The minimum Gasteiger partial charge on any atom is -0.454 e. The summed E-state index contributed by atoms with van der Waals surface area (Å²) in [7, 11) is 0. The molecule has 0 fully saturated rings. The van der Waals surface area contributed by atoms with E-state index < -0.39 is 36.3 Å². The first kappa shape index (κ1) is 20.4. The van der Waals surface area contributed by atoms with E-state index in [0.717, 1.165) is 0 Å². The Labute approximate surface area is 150 Å². The Morgan fingerprint density at radius 3 is 2.40 bits per heavy atom. The number of hydrogen-bond donors (Lipinski definition) is 3. The Morgan fingerprint density at radius 2 is 1.84 bits per heavy atom. The highest BCUT2D eigenvalue weighted by atomic mass is 35.5. The van der Waals surface area contributed by atoms with Gasteiger partial charge in [0.05, 0.1) is 17.1 Å². The van der Waals surface area contributed by atoms with E-state index in [0.29, 0.717) is 0 Å². The molecule has 0 aliphatic rings. The highest BCUT2D eigenvalue weighted by molar-refractivity contribution is 6.33. The van der Waals surface area contributed by atoms with Gasteiger partial charge in [0.25, 0.3) is 11.8 Å². The van der Waals surface area contributed by atoms with Crippen molar-refractivity contribution in [2.45, 2.75) is 19.9 Å². The molecule has 1 atom stereocenters. The third-order valence-corrected chi connectivity index (χ3v) is 3.46. The zero-order chi connectivity index (χ0) is 19.0. The fourth-order valence-electron chi connectivity index (χ4n) is 1.83. The summed E-state index contributed by atoms with van der Waals surface area (Å²) in [4.78, 5) is 46.4. The lowest BCUT2D eigenvalue weighted by molar-refractivity contribution is -0.151. The van der Waals surface area contributed by atoms with Crippen molar-refractivity contribution in [2.24, 2.45) is 11.7 Å². The summed E-state index contributed by atoms with van der Waals surface area (Å²) in [5, 5.41) is 4.98. The summed E-state index contributed by atoms with van der Waals surface area (Å²) in [6.45, 7) is 2.49. The molecule has 0 saturated heterocycles. The van der Waals surface area contributed by atoms with Gasteiger partial charge in [-0.1, -0.05) is 37.6 Å². The lowest BCUT2D eigenvalue weighted by atomic mass is 10.0. The first-order valence-corrected chi connectivity index (χ1v) is 7.87. The number of primary amides is 1. The van der Waals surface area contributed by atoms with E-state index >= 15 is 0 Å². The van der Waals surface area contributed by atoms with Gasteiger partial charge in [0.2, 0.25) is 5.91 Å². The lowest BCUT2D eigenvalue weighted by Gasteiger charge is -2.21. The Bertz CT molecular complexity index is 663. The van der Waals surface area contributed by atoms with Gasteiger partial charge in [-0.15, -0.1) is 0 Å². The van der Waals surface area contributed by atoms with Crippen LogP contribution in [0.25, 0.3) is 0 Å². The van der Waals surface area contributed by atoms with Crippen molar-refractivity contribution in [1.82, 2.24) is 10.6 Å². The second-order valence-corrected chi connectivity index (χ2v) is 5.93. The molecule has 0 aliphatic carbocycles. The minimum atomic E-state index is -0.965. The van der Waals surface area contributed by atoms with Gasteiger partial charge in [-0.2, -0.15) is 0 Å². The second-order valence-electron chi connectivity index (χ2n) is 5.53. The number of rotatable bonds is 8. The van der Waals surface area contributed by atoms with Gasteiger partial charge in [0.1, 0.15) is 6.04 Å². The molecular weight excluding hydrogens is 350 g/mol. The van der Waals surface area contributed by atoms with Crippen LogP contribution in [0.4, 0.5) is 0 Å². The maximum Gasteiger partial charge on any atom is 0.329 e. The van der Waals surface area contributed by atoms with Gasteiger partial charge in [0, 0.05) is 0 Å². The van der Waals surface area contributed by atoms with E-state index in [2.05, 4.69) is 10.6 Å². The molecule has 0 heterocycles. The number of carbonyl (C=O) groups is 4. The van der Waals surface area contributed by atoms with Crippen LogP contribution in [0.5, 0.6) is 0 Å². The summed E-state index contributed by atoms with van der Waals surface area (Å²) >= 11 is 5.96. The fraction of sp³-hybridized carbons (Fsp3) is 0.375. The van der Waals surface area contributed by atoms with Crippen molar-refractivity contribution < 1.29 is 23.9 Å². The molecule has 0 saturated carbocycles. The van der Waals surface area contributed by atoms with E-state index in [1.807, 2.05) is 0 Å². The standard InChI is InChI=1S/C16H20ClN3O5/c1-9(2)14(16(24)25-8-13(22)19-7-12(18)21)20-15(23)10-5-3-4-6-11(10)17/h3-6,9,14H,7-8H2,1-2H3,(H2,18,21)(H,19,22)(H,20,23)/t14-/m0/s1. The number of amides is 3. The van der Waals surface area contributed by atoms with Gasteiger partial charge >= 0.3 is 5.97 Å². The van der Waals surface area contributed by atoms with Crippen LogP contribution in [-0.2, 0) is 19.1 Å². The van der Waals surface area contributed by atoms with Crippen LogP contribution in [0.2, 0.25) is 5.02 Å². The van der Waals surface area contributed by atoms with Crippen molar-refractivity contribution in [1.29, 1.82) is 0 Å². The molecule has 136 valence electrons. The number of carbonyl (C=O) groups excluding carboxylic acids is 4. The highest BCUT2D eigenvalue weighted by Crippen LogP contribution is 2.15. The van der Waals surface area contributed by atoms with Crippen LogP contribution in [0.1, 0.15) is 24.2 Å². The lowest BCUT2D eigenvalue weighted by Crippen LogP contribution is -2.46. The molecule has 0 bridgehead atoms. The van der Waals surface area contributed by atoms with Crippen molar-refractivity contribution in [2.75, 3.05) is 13.2 Å². The Hall–Kier alpha value is -2.61. The summed E-state index contributed by atoms with van der Waals surface area (Å²) in [5.74, 6) is -2.98. The molecule has 9 heteroatoms. The van der Waals surface area contributed by atoms with Crippen molar-refractivity contribution in [3.05, 3.63) is 34.9 Å². The average molecular weight is 370 g/mol. The van der Waals surface area contributed by atoms with E-state index in [9.17, 15) is 19.2 Å². The third-order valence-electron chi connectivity index (χ3n) is 3.13. The van der Waals surface area contributed by atoms with E-state index in [4.69, 9.17) is 22.1 Å². The molecule has 25 heavy (non-hydrogen) atoms. The molecule has 8 nitrogen and oxygen atoms in total. The Kier molecular flexibility index (Phi) is 7.87. The first-order valence-electron chi connectivity index (χ1n) is 7.49. The smallest absolute Gasteiger partial charge is 0.329 e. The van der Waals surface area contributed by atoms with Gasteiger partial charge in [-0.3, -0.25) is 14.4 Å². The Morgan fingerprint density at radius 1 is 1.20 bits per heavy atom. The number of benzene rings is 1. The molecule has 4 N–H and O–H groups in total. The van der Waals surface area contributed by atoms with Crippen LogP contribution >= 0.6 is 11.6 Å². The Balaban J connectivity index is 2.65. The maximum absolute atomic E-state index is 12.3. The quantitative estimate of drug-likeness (QED) is 0.565. The van der Waals surface area contributed by atoms with Crippen LogP contribution in [0.15, 0.2) is 24.3 Å². The molecule has 3 amide bonds. The maximum atomic E-state index is 12.3. The number of hydrogen-bond acceptors (Lipinski definition) is 5. The van der Waals surface area contributed by atoms with Gasteiger partial charge in [-0.05, 0) is 18.1 Å². The monoisotopic (exact) mass is 369 g/mol. The molecule has 1 aromatic rings. The molecule has 0 aromatic heterocycles. The normalized spacial score (nSPS) is 11.5. The number of esters is 1.